The molecule has 2 aromatic heterocycles. The Morgan fingerprint density at radius 1 is 1.47 bits per heavy atom. The van der Waals surface area contributed by atoms with Gasteiger partial charge in [-0.1, -0.05) is 0 Å². The van der Waals surface area contributed by atoms with Crippen LogP contribution in [-0.2, 0) is 19.5 Å². The highest BCUT2D eigenvalue weighted by Crippen LogP contribution is 2.19. The minimum atomic E-state index is 0.719. The first-order valence-corrected chi connectivity index (χ1v) is 7.67. The number of aryl methyl sites for hydroxylation is 3. The van der Waals surface area contributed by atoms with Gasteiger partial charge in [0.1, 0.15) is 5.82 Å². The number of fused-ring (bicyclic) bond motifs is 1. The molecule has 0 radical (unpaired) electrons. The summed E-state index contributed by atoms with van der Waals surface area (Å²) in [5.41, 5.74) is 1.18. The minimum absolute atomic E-state index is 0.719. The predicted octanol–water partition coefficient (Wildman–Crippen LogP) is 2.31. The van der Waals surface area contributed by atoms with Crippen LogP contribution in [0.2, 0.25) is 0 Å². The summed E-state index contributed by atoms with van der Waals surface area (Å²) in [6.07, 6.45) is 6.36. The van der Waals surface area contributed by atoms with Crippen LogP contribution in [-0.4, -0.2) is 21.1 Å². The van der Waals surface area contributed by atoms with Crippen molar-refractivity contribution < 1.29 is 0 Å². The van der Waals surface area contributed by atoms with Crippen molar-refractivity contribution in [2.45, 2.75) is 39.8 Å². The van der Waals surface area contributed by atoms with Crippen LogP contribution in [0, 0.1) is 19.8 Å². The van der Waals surface area contributed by atoms with Gasteiger partial charge >= 0.3 is 0 Å². The molecule has 1 aliphatic heterocycles. The Hall–Kier alpha value is -1.20. The molecule has 5 heteroatoms. The van der Waals surface area contributed by atoms with E-state index in [9.17, 15) is 0 Å². The van der Waals surface area contributed by atoms with Crippen molar-refractivity contribution in [2.75, 3.05) is 6.54 Å². The van der Waals surface area contributed by atoms with E-state index in [2.05, 4.69) is 39.9 Å². The summed E-state index contributed by atoms with van der Waals surface area (Å²) in [6, 6.07) is 0. The molecule has 0 aliphatic carbocycles. The van der Waals surface area contributed by atoms with Gasteiger partial charge in [-0.2, -0.15) is 0 Å². The highest BCUT2D eigenvalue weighted by Gasteiger charge is 2.18. The number of nitrogens with zero attached hydrogens (tertiary/aromatic N) is 3. The van der Waals surface area contributed by atoms with Crippen LogP contribution in [0.25, 0.3) is 0 Å². The monoisotopic (exact) mass is 276 g/mol. The van der Waals surface area contributed by atoms with Gasteiger partial charge in [-0.25, -0.2) is 9.97 Å². The quantitative estimate of drug-likeness (QED) is 0.932. The van der Waals surface area contributed by atoms with Crippen LogP contribution < -0.4 is 5.32 Å². The fraction of sp³-hybridized carbons (Fsp3) is 0.571. The average Bonchev–Trinajstić information content (AvgIpc) is 2.96. The van der Waals surface area contributed by atoms with Gasteiger partial charge in [0.25, 0.3) is 0 Å². The first kappa shape index (κ1) is 12.8. The molecule has 102 valence electrons. The second-order valence-electron chi connectivity index (χ2n) is 5.27. The Morgan fingerprint density at radius 2 is 2.37 bits per heavy atom. The molecule has 4 nitrogen and oxygen atoms in total. The third-order valence-electron chi connectivity index (χ3n) is 3.75. The number of hydrogen-bond donors (Lipinski definition) is 1. The van der Waals surface area contributed by atoms with E-state index in [0.29, 0.717) is 0 Å². The third kappa shape index (κ3) is 2.87. The molecule has 3 rings (SSSR count). The third-order valence-corrected chi connectivity index (χ3v) is 4.82. The Morgan fingerprint density at radius 3 is 3.16 bits per heavy atom. The summed E-state index contributed by atoms with van der Waals surface area (Å²) in [4.78, 5) is 10.2. The van der Waals surface area contributed by atoms with Crippen LogP contribution in [0.4, 0.5) is 0 Å². The van der Waals surface area contributed by atoms with Crippen molar-refractivity contribution in [2.24, 2.45) is 5.92 Å². The zero-order valence-corrected chi connectivity index (χ0v) is 12.3. The SMILES string of the molecule is Cc1nc(C)c(CNCC2CCc3nccn3C2)s1. The Kier molecular flexibility index (Phi) is 3.66. The van der Waals surface area contributed by atoms with Crippen LogP contribution in [0.1, 0.15) is 27.8 Å². The summed E-state index contributed by atoms with van der Waals surface area (Å²) in [6.45, 7) is 7.30. The lowest BCUT2D eigenvalue weighted by Crippen LogP contribution is -2.29. The van der Waals surface area contributed by atoms with Crippen molar-refractivity contribution in [1.29, 1.82) is 0 Å². The summed E-state index contributed by atoms with van der Waals surface area (Å²) in [5.74, 6) is 1.96. The zero-order valence-electron chi connectivity index (χ0n) is 11.5. The fourth-order valence-electron chi connectivity index (χ4n) is 2.73. The smallest absolute Gasteiger partial charge is 0.108 e. The lowest BCUT2D eigenvalue weighted by atomic mass is 9.99. The number of thiazole rings is 1. The molecule has 0 bridgehead atoms. The van der Waals surface area contributed by atoms with Crippen molar-refractivity contribution in [3.05, 3.63) is 33.8 Å². The van der Waals surface area contributed by atoms with Crippen molar-refractivity contribution in [3.8, 4) is 0 Å². The molecule has 0 spiro atoms. The molecule has 19 heavy (non-hydrogen) atoms. The molecule has 1 aliphatic rings. The lowest BCUT2D eigenvalue weighted by Gasteiger charge is -2.23. The number of nitrogens with one attached hydrogen (secondary N) is 1. The van der Waals surface area contributed by atoms with E-state index in [0.717, 1.165) is 37.0 Å². The Balaban J connectivity index is 1.50. The van der Waals surface area contributed by atoms with Gasteiger partial charge in [0.05, 0.1) is 10.7 Å². The normalized spacial score (nSPS) is 18.5. The van der Waals surface area contributed by atoms with Crippen molar-refractivity contribution >= 4 is 11.3 Å². The Labute approximate surface area is 117 Å². The molecule has 0 amide bonds. The molecular weight excluding hydrogens is 256 g/mol. The van der Waals surface area contributed by atoms with E-state index in [1.807, 2.05) is 6.20 Å². The lowest BCUT2D eigenvalue weighted by molar-refractivity contribution is 0.348. The largest absolute Gasteiger partial charge is 0.335 e. The maximum absolute atomic E-state index is 4.47. The zero-order chi connectivity index (χ0) is 13.2. The summed E-state index contributed by atoms with van der Waals surface area (Å²) in [7, 11) is 0. The summed E-state index contributed by atoms with van der Waals surface area (Å²) >= 11 is 1.80. The van der Waals surface area contributed by atoms with Gasteiger partial charge < -0.3 is 9.88 Å². The van der Waals surface area contributed by atoms with Crippen LogP contribution >= 0.6 is 11.3 Å². The Bertz CT molecular complexity index is 558. The number of hydrogen-bond acceptors (Lipinski definition) is 4. The highest BCUT2D eigenvalue weighted by atomic mass is 32.1. The van der Waals surface area contributed by atoms with E-state index >= 15 is 0 Å². The highest BCUT2D eigenvalue weighted by molar-refractivity contribution is 7.11. The van der Waals surface area contributed by atoms with E-state index in [1.54, 1.807) is 11.3 Å². The first-order chi connectivity index (χ1) is 9.22. The summed E-state index contributed by atoms with van der Waals surface area (Å²) < 4.78 is 2.29. The second-order valence-corrected chi connectivity index (χ2v) is 6.56. The minimum Gasteiger partial charge on any atom is -0.335 e. The van der Waals surface area contributed by atoms with Gasteiger partial charge in [-0.3, -0.25) is 0 Å². The maximum atomic E-state index is 4.47. The molecule has 0 saturated heterocycles. The van der Waals surface area contributed by atoms with E-state index in [1.165, 1.54) is 22.8 Å². The molecule has 0 fully saturated rings. The molecule has 2 aromatic rings. The van der Waals surface area contributed by atoms with Gasteiger partial charge in [0.15, 0.2) is 0 Å². The van der Waals surface area contributed by atoms with Gasteiger partial charge in [-0.05, 0) is 26.2 Å². The molecule has 1 N–H and O–H groups in total. The molecule has 1 atom stereocenters. The van der Waals surface area contributed by atoms with Gasteiger partial charge in [0, 0.05) is 43.3 Å². The van der Waals surface area contributed by atoms with Crippen molar-refractivity contribution in [3.63, 3.8) is 0 Å². The maximum Gasteiger partial charge on any atom is 0.108 e. The van der Waals surface area contributed by atoms with E-state index in [-0.39, 0.29) is 0 Å². The molecule has 3 heterocycles. The van der Waals surface area contributed by atoms with Crippen LogP contribution in [0.15, 0.2) is 12.4 Å². The van der Waals surface area contributed by atoms with Crippen LogP contribution in [0.3, 0.4) is 0 Å². The number of rotatable bonds is 4. The average molecular weight is 276 g/mol. The van der Waals surface area contributed by atoms with Crippen LogP contribution in [0.5, 0.6) is 0 Å². The topological polar surface area (TPSA) is 42.7 Å². The summed E-state index contributed by atoms with van der Waals surface area (Å²) in [5, 5.41) is 4.75. The second kappa shape index (κ2) is 5.43. The first-order valence-electron chi connectivity index (χ1n) is 6.86. The molecular formula is C14H20N4S. The predicted molar refractivity (Wildman–Crippen MR) is 77.3 cm³/mol. The number of aromatic nitrogens is 3. The molecule has 1 unspecified atom stereocenters. The van der Waals surface area contributed by atoms with Gasteiger partial charge in [-0.15, -0.1) is 11.3 Å². The van der Waals surface area contributed by atoms with Crippen molar-refractivity contribution in [1.82, 2.24) is 19.9 Å². The standard InChI is InChI=1S/C14H20N4S/c1-10-13(19-11(2)17-10)8-15-7-12-3-4-14-16-5-6-18(14)9-12/h5-6,12,15H,3-4,7-9H2,1-2H3. The van der Waals surface area contributed by atoms with E-state index in [4.69, 9.17) is 0 Å². The fourth-order valence-corrected chi connectivity index (χ4v) is 3.64. The number of imidazole rings is 1. The molecule has 0 saturated carbocycles. The van der Waals surface area contributed by atoms with E-state index < -0.39 is 0 Å². The van der Waals surface area contributed by atoms with Gasteiger partial charge in [0.2, 0.25) is 0 Å². The molecule has 0 aromatic carbocycles.